The highest BCUT2D eigenvalue weighted by Crippen LogP contribution is 2.08. The van der Waals surface area contributed by atoms with Gasteiger partial charge in [-0.3, -0.25) is 4.79 Å². The highest BCUT2D eigenvalue weighted by atomic mass is 16.5. The summed E-state index contributed by atoms with van der Waals surface area (Å²) in [6.07, 6.45) is 0.238. The Balaban J connectivity index is 1.50. The summed E-state index contributed by atoms with van der Waals surface area (Å²) >= 11 is 0. The summed E-state index contributed by atoms with van der Waals surface area (Å²) in [6.45, 7) is 2.16. The van der Waals surface area contributed by atoms with Crippen LogP contribution in [0, 0.1) is 0 Å². The van der Waals surface area contributed by atoms with E-state index < -0.39 is 0 Å². The third kappa shape index (κ3) is 4.00. The number of anilines is 1. The predicted octanol–water partition coefficient (Wildman–Crippen LogP) is 1.45. The van der Waals surface area contributed by atoms with Crippen LogP contribution in [0.4, 0.5) is 5.82 Å². The van der Waals surface area contributed by atoms with E-state index in [9.17, 15) is 4.79 Å². The van der Waals surface area contributed by atoms with E-state index in [1.54, 1.807) is 12.1 Å². The second-order valence-corrected chi connectivity index (χ2v) is 5.14. The molecular weight excluding hydrogens is 296 g/mol. The van der Waals surface area contributed by atoms with Gasteiger partial charge in [-0.05, 0) is 35.0 Å². The smallest absolute Gasteiger partial charge is 0.308 e. The molecule has 0 aliphatic rings. The first-order valence-corrected chi connectivity index (χ1v) is 7.22. The van der Waals surface area contributed by atoms with E-state index in [0.717, 1.165) is 5.56 Å². The van der Waals surface area contributed by atoms with Gasteiger partial charge < -0.3 is 10.1 Å². The summed E-state index contributed by atoms with van der Waals surface area (Å²) < 4.78 is 6.58. The van der Waals surface area contributed by atoms with E-state index in [0.29, 0.717) is 11.5 Å². The lowest BCUT2D eigenvalue weighted by Gasteiger charge is -2.13. The van der Waals surface area contributed by atoms with Crippen LogP contribution in [0.25, 0.3) is 5.65 Å². The molecule has 2 heterocycles. The van der Waals surface area contributed by atoms with E-state index in [2.05, 4.69) is 25.9 Å². The van der Waals surface area contributed by atoms with Gasteiger partial charge >= 0.3 is 5.97 Å². The van der Waals surface area contributed by atoms with E-state index >= 15 is 0 Å². The second kappa shape index (κ2) is 6.82. The van der Waals surface area contributed by atoms with Crippen molar-refractivity contribution < 1.29 is 9.53 Å². The summed E-state index contributed by atoms with van der Waals surface area (Å²) in [5.41, 5.74) is 1.53. The zero-order valence-corrected chi connectivity index (χ0v) is 12.6. The molecule has 1 N–H and O–H groups in total. The number of benzene rings is 1. The zero-order valence-electron chi connectivity index (χ0n) is 12.6. The molecule has 23 heavy (non-hydrogen) atoms. The van der Waals surface area contributed by atoms with Gasteiger partial charge in [0.05, 0.1) is 6.42 Å². The van der Waals surface area contributed by atoms with E-state index in [1.165, 1.54) is 4.63 Å². The summed E-state index contributed by atoms with van der Waals surface area (Å²) in [5.74, 6) is 0.325. The van der Waals surface area contributed by atoms with Crippen molar-refractivity contribution in [3.05, 3.63) is 48.0 Å². The first kappa shape index (κ1) is 14.9. The van der Waals surface area contributed by atoms with E-state index in [4.69, 9.17) is 4.74 Å². The van der Waals surface area contributed by atoms with Gasteiger partial charge in [-0.2, -0.15) is 0 Å². The number of hydrogen-bond acceptors (Lipinski definition) is 7. The molecular formula is C15H16N6O2. The molecule has 0 bridgehead atoms. The van der Waals surface area contributed by atoms with Crippen molar-refractivity contribution in [3.8, 4) is 0 Å². The fraction of sp³-hybridized carbons (Fsp3) is 0.267. The zero-order chi connectivity index (χ0) is 16.1. The maximum atomic E-state index is 11.9. The van der Waals surface area contributed by atoms with Gasteiger partial charge in [-0.1, -0.05) is 30.3 Å². The molecule has 8 nitrogen and oxygen atoms in total. The maximum absolute atomic E-state index is 11.9. The van der Waals surface area contributed by atoms with Gasteiger partial charge in [0.2, 0.25) is 0 Å². The lowest BCUT2D eigenvalue weighted by molar-refractivity contribution is -0.145. The molecule has 8 heteroatoms. The van der Waals surface area contributed by atoms with Crippen molar-refractivity contribution in [3.63, 3.8) is 0 Å². The Labute approximate surface area is 132 Å². The second-order valence-electron chi connectivity index (χ2n) is 5.14. The molecule has 0 fully saturated rings. The van der Waals surface area contributed by atoms with Gasteiger partial charge in [0.25, 0.3) is 0 Å². The van der Waals surface area contributed by atoms with Gasteiger partial charge in [-0.15, -0.1) is 14.8 Å². The number of carbonyl (C=O) groups is 1. The van der Waals surface area contributed by atoms with Crippen LogP contribution >= 0.6 is 0 Å². The third-order valence-corrected chi connectivity index (χ3v) is 3.18. The fourth-order valence-electron chi connectivity index (χ4n) is 2.08. The fourth-order valence-corrected chi connectivity index (χ4v) is 2.08. The molecule has 3 aromatic rings. The summed E-state index contributed by atoms with van der Waals surface area (Å²) in [5, 5.41) is 18.3. The Bertz CT molecular complexity index is 789. The molecule has 0 spiro atoms. The van der Waals surface area contributed by atoms with Crippen molar-refractivity contribution in [1.82, 2.24) is 25.3 Å². The first-order chi connectivity index (χ1) is 11.2. The average Bonchev–Trinajstić information content (AvgIpc) is 3.01. The number of hydrogen-bond donors (Lipinski definition) is 1. The van der Waals surface area contributed by atoms with Crippen molar-refractivity contribution in [1.29, 1.82) is 0 Å². The van der Waals surface area contributed by atoms with E-state index in [1.807, 2.05) is 37.3 Å². The number of tetrazole rings is 1. The third-order valence-electron chi connectivity index (χ3n) is 3.18. The van der Waals surface area contributed by atoms with Crippen molar-refractivity contribution in [2.75, 3.05) is 5.32 Å². The number of rotatable bonds is 6. The van der Waals surface area contributed by atoms with Crippen LogP contribution in [0.2, 0.25) is 0 Å². The van der Waals surface area contributed by atoms with Crippen LogP contribution in [0.5, 0.6) is 0 Å². The largest absolute Gasteiger partial charge is 0.461 e. The molecule has 0 saturated heterocycles. The molecule has 1 unspecified atom stereocenters. The van der Waals surface area contributed by atoms with Crippen molar-refractivity contribution in [2.45, 2.75) is 26.0 Å². The minimum atomic E-state index is -0.266. The highest BCUT2D eigenvalue weighted by molar-refractivity contribution is 5.70. The molecule has 0 radical (unpaired) electrons. The van der Waals surface area contributed by atoms with Crippen molar-refractivity contribution in [2.24, 2.45) is 0 Å². The molecule has 1 atom stereocenters. The minimum absolute atomic E-state index is 0.125. The molecule has 1 aromatic carbocycles. The quantitative estimate of drug-likeness (QED) is 0.688. The van der Waals surface area contributed by atoms with Crippen LogP contribution < -0.4 is 5.32 Å². The summed E-state index contributed by atoms with van der Waals surface area (Å²) in [6, 6.07) is 13.0. The Morgan fingerprint density at radius 3 is 2.91 bits per heavy atom. The number of fused-ring (bicyclic) bond motifs is 1. The van der Waals surface area contributed by atoms with Crippen LogP contribution in [0.1, 0.15) is 18.9 Å². The lowest BCUT2D eigenvalue weighted by Crippen LogP contribution is -2.22. The van der Waals surface area contributed by atoms with E-state index in [-0.39, 0.29) is 25.0 Å². The van der Waals surface area contributed by atoms with Crippen molar-refractivity contribution >= 4 is 17.4 Å². The molecule has 0 aliphatic heterocycles. The standard InChI is InChI=1S/C15H16N6O2/c1-11(9-15(22)23-10-12-5-3-2-4-6-12)16-13-7-8-14-17-19-20-21(14)18-13/h2-8,11H,9-10H2,1H3,(H,16,18). The van der Waals surface area contributed by atoms with Gasteiger partial charge in [-0.25, -0.2) is 0 Å². The number of nitrogens with one attached hydrogen (secondary N) is 1. The minimum Gasteiger partial charge on any atom is -0.461 e. The molecule has 0 amide bonds. The van der Waals surface area contributed by atoms with Crippen LogP contribution in [-0.2, 0) is 16.1 Å². The lowest BCUT2D eigenvalue weighted by atomic mass is 10.2. The molecule has 3 rings (SSSR count). The Kier molecular flexibility index (Phi) is 4.41. The van der Waals surface area contributed by atoms with Crippen LogP contribution in [-0.4, -0.2) is 37.3 Å². The number of esters is 1. The number of carbonyl (C=O) groups excluding carboxylic acids is 1. The highest BCUT2D eigenvalue weighted by Gasteiger charge is 2.11. The van der Waals surface area contributed by atoms with Gasteiger partial charge in [0.1, 0.15) is 12.4 Å². The van der Waals surface area contributed by atoms with Crippen LogP contribution in [0.15, 0.2) is 42.5 Å². The van der Waals surface area contributed by atoms with Gasteiger partial charge in [0.15, 0.2) is 5.65 Å². The Hall–Kier alpha value is -3.03. The normalized spacial score (nSPS) is 12.0. The molecule has 0 saturated carbocycles. The summed E-state index contributed by atoms with van der Waals surface area (Å²) in [4.78, 5) is 11.9. The predicted molar refractivity (Wildman–Crippen MR) is 82.5 cm³/mol. The molecule has 2 aromatic heterocycles. The monoisotopic (exact) mass is 312 g/mol. The molecule has 0 aliphatic carbocycles. The Morgan fingerprint density at radius 2 is 2.09 bits per heavy atom. The molecule has 118 valence electrons. The van der Waals surface area contributed by atoms with Crippen LogP contribution in [0.3, 0.4) is 0 Å². The average molecular weight is 312 g/mol. The first-order valence-electron chi connectivity index (χ1n) is 7.22. The maximum Gasteiger partial charge on any atom is 0.308 e. The summed E-state index contributed by atoms with van der Waals surface area (Å²) in [7, 11) is 0. The number of aromatic nitrogens is 5. The van der Waals surface area contributed by atoms with Gasteiger partial charge in [0, 0.05) is 6.04 Å². The number of ether oxygens (including phenoxy) is 1. The SMILES string of the molecule is CC(CC(=O)OCc1ccccc1)Nc1ccc2nnnn2n1. The Morgan fingerprint density at radius 1 is 1.26 bits per heavy atom. The topological polar surface area (TPSA) is 94.3 Å². The number of nitrogens with zero attached hydrogens (tertiary/aromatic N) is 5.